The number of phenolic OH excluding ortho intramolecular Hbond substituents is 1. The number of tetrazole rings is 1. The first-order valence-corrected chi connectivity index (χ1v) is 11.3. The van der Waals surface area contributed by atoms with Crippen molar-refractivity contribution in [3.05, 3.63) is 53.9 Å². The maximum absolute atomic E-state index is 10.5. The summed E-state index contributed by atoms with van der Waals surface area (Å²) >= 11 is 1.57. The summed E-state index contributed by atoms with van der Waals surface area (Å²) in [7, 11) is 0. The number of ether oxygens (including phenoxy) is 1. The van der Waals surface area contributed by atoms with Crippen LogP contribution < -0.4 is 4.74 Å². The molecule has 0 saturated heterocycles. The van der Waals surface area contributed by atoms with Crippen molar-refractivity contribution in [2.75, 3.05) is 6.61 Å². The zero-order valence-electron chi connectivity index (χ0n) is 19.9. The maximum Gasteiger partial charge on any atom is 0.180 e. The van der Waals surface area contributed by atoms with E-state index in [0.29, 0.717) is 6.61 Å². The first-order valence-electron chi connectivity index (χ1n) is 10.4. The van der Waals surface area contributed by atoms with Gasteiger partial charge in [0.2, 0.25) is 0 Å². The number of hydrogen-bond donors (Lipinski definition) is 2. The number of rotatable bonds is 11. The normalized spacial score (nSPS) is 10.8. The average molecular weight is 473 g/mol. The second-order valence-electron chi connectivity index (χ2n) is 7.97. The number of hydrogen-bond acceptors (Lipinski definition) is 6. The molecule has 6 nitrogen and oxygen atoms in total. The second-order valence-corrected chi connectivity index (χ2v) is 9.09. The van der Waals surface area contributed by atoms with E-state index in [-0.39, 0.29) is 70.3 Å². The van der Waals surface area contributed by atoms with E-state index in [1.807, 2.05) is 36.4 Å². The van der Waals surface area contributed by atoms with E-state index >= 15 is 0 Å². The van der Waals surface area contributed by atoms with Gasteiger partial charge in [0.05, 0.1) is 11.5 Å². The van der Waals surface area contributed by atoms with E-state index in [9.17, 15) is 5.11 Å². The van der Waals surface area contributed by atoms with Gasteiger partial charge in [0, 0.05) is 75.5 Å². The number of aromatic hydroxyl groups is 1. The van der Waals surface area contributed by atoms with Crippen molar-refractivity contribution < 1.29 is 9.84 Å². The molecule has 0 spiro atoms. The van der Waals surface area contributed by atoms with E-state index in [0.717, 1.165) is 59.0 Å². The fourth-order valence-electron chi connectivity index (χ4n) is 3.29. The molecule has 3 aromatic rings. The minimum Gasteiger partial charge on any atom is -0.507 e. The number of phenols is 1. The molecule has 9 heteroatoms. The average Bonchev–Trinajstić information content (AvgIpc) is 3.29. The van der Waals surface area contributed by atoms with Crippen LogP contribution in [0.1, 0.15) is 57.8 Å². The van der Waals surface area contributed by atoms with Crippen LogP contribution in [0.4, 0.5) is 0 Å². The summed E-state index contributed by atoms with van der Waals surface area (Å²) in [5.74, 6) is 1.80. The molecule has 1 aromatic heterocycles. The molecule has 1 heterocycles. The Balaban J connectivity index is 0.00000256. The van der Waals surface area contributed by atoms with Gasteiger partial charge in [-0.1, -0.05) is 68.8 Å². The van der Waals surface area contributed by atoms with Crippen LogP contribution in [0.2, 0.25) is 0 Å². The van der Waals surface area contributed by atoms with Crippen LogP contribution in [0, 0.1) is 0 Å². The molecular weight excluding hydrogens is 442 g/mol. The summed E-state index contributed by atoms with van der Waals surface area (Å²) in [5.41, 5.74) is 1.03. The Morgan fingerprint density at radius 3 is 2.47 bits per heavy atom. The van der Waals surface area contributed by atoms with Gasteiger partial charge in [-0.2, -0.15) is 5.21 Å². The SMILES string of the molecule is CCc1cc(Sc2ccccc2)c(O)cc1OCCCCCC(C)(C)c1nn[nH]n1.[Na].[Na]. The maximum atomic E-state index is 10.5. The summed E-state index contributed by atoms with van der Waals surface area (Å²) in [6.45, 7) is 7.02. The van der Waals surface area contributed by atoms with E-state index in [1.165, 1.54) is 0 Å². The van der Waals surface area contributed by atoms with Crippen molar-refractivity contribution in [2.45, 2.75) is 68.1 Å². The quantitative estimate of drug-likeness (QED) is 0.309. The number of aryl methyl sites for hydroxylation is 1. The van der Waals surface area contributed by atoms with Gasteiger partial charge in [0.1, 0.15) is 11.5 Å². The van der Waals surface area contributed by atoms with E-state index in [4.69, 9.17) is 4.74 Å². The molecule has 0 bridgehead atoms. The summed E-state index contributed by atoms with van der Waals surface area (Å²) in [6.07, 6.45) is 4.96. The van der Waals surface area contributed by atoms with Crippen LogP contribution in [0.3, 0.4) is 0 Å². The van der Waals surface area contributed by atoms with Crippen LogP contribution in [0.25, 0.3) is 0 Å². The number of aromatic amines is 1. The first-order chi connectivity index (χ1) is 14.5. The molecule has 32 heavy (non-hydrogen) atoms. The fraction of sp³-hybridized carbons (Fsp3) is 0.435. The summed E-state index contributed by atoms with van der Waals surface area (Å²) < 4.78 is 6.01. The molecule has 2 N–H and O–H groups in total. The molecule has 0 amide bonds. The monoisotopic (exact) mass is 472 g/mol. The largest absolute Gasteiger partial charge is 0.507 e. The third-order valence-electron chi connectivity index (χ3n) is 5.15. The van der Waals surface area contributed by atoms with E-state index in [1.54, 1.807) is 17.8 Å². The zero-order valence-corrected chi connectivity index (χ0v) is 24.7. The van der Waals surface area contributed by atoms with Crippen LogP contribution in [0.5, 0.6) is 11.5 Å². The van der Waals surface area contributed by atoms with Crippen molar-refractivity contribution in [1.82, 2.24) is 20.6 Å². The summed E-state index contributed by atoms with van der Waals surface area (Å²) in [5, 5.41) is 24.9. The van der Waals surface area contributed by atoms with Crippen LogP contribution in [0.15, 0.2) is 52.3 Å². The molecule has 3 rings (SSSR count). The van der Waals surface area contributed by atoms with Crippen LogP contribution in [-0.2, 0) is 11.8 Å². The Hall–Kier alpha value is -0.540. The Morgan fingerprint density at radius 2 is 1.81 bits per heavy atom. The third kappa shape index (κ3) is 8.67. The van der Waals surface area contributed by atoms with Gasteiger partial charge >= 0.3 is 0 Å². The molecule has 162 valence electrons. The summed E-state index contributed by atoms with van der Waals surface area (Å²) in [4.78, 5) is 1.96. The van der Waals surface area contributed by atoms with Gasteiger partial charge in [-0.05, 0) is 43.0 Å². The standard InChI is InChI=1S/C23H30N4O2S.2Na/c1-4-17-15-21(30-18-11-7-5-8-12-18)19(28)16-20(17)29-14-10-6-9-13-23(2,3)22-24-26-27-25-22;;/h5,7-8,11-12,15-16,28H,4,6,9-10,13-14H2,1-3H3,(H,24,25,26,27);;. The zero-order chi connectivity index (χ0) is 21.4. The van der Waals surface area contributed by atoms with Crippen LogP contribution in [-0.4, -0.2) is 91.5 Å². The summed E-state index contributed by atoms with van der Waals surface area (Å²) in [6, 6.07) is 13.9. The Bertz CT molecular complexity index is 925. The van der Waals surface area contributed by atoms with Crippen molar-refractivity contribution in [1.29, 1.82) is 0 Å². The van der Waals surface area contributed by atoms with Crippen molar-refractivity contribution >= 4 is 70.9 Å². The smallest absolute Gasteiger partial charge is 0.180 e. The molecule has 0 unspecified atom stereocenters. The predicted molar refractivity (Wildman–Crippen MR) is 131 cm³/mol. The molecular formula is C23H30N4Na2O2S. The second kappa shape index (κ2) is 14.7. The van der Waals surface area contributed by atoms with Gasteiger partial charge < -0.3 is 9.84 Å². The van der Waals surface area contributed by atoms with Gasteiger partial charge in [-0.25, -0.2) is 0 Å². The number of aromatic nitrogens is 4. The Morgan fingerprint density at radius 1 is 1.06 bits per heavy atom. The van der Waals surface area contributed by atoms with E-state index < -0.39 is 0 Å². The van der Waals surface area contributed by atoms with Gasteiger partial charge in [0.25, 0.3) is 0 Å². The number of H-pyrrole nitrogens is 1. The van der Waals surface area contributed by atoms with Crippen molar-refractivity contribution in [3.63, 3.8) is 0 Å². The fourth-order valence-corrected chi connectivity index (χ4v) is 4.20. The van der Waals surface area contributed by atoms with Crippen molar-refractivity contribution in [2.24, 2.45) is 0 Å². The molecule has 0 aliphatic heterocycles. The van der Waals surface area contributed by atoms with Crippen LogP contribution >= 0.6 is 11.8 Å². The third-order valence-corrected chi connectivity index (χ3v) is 6.20. The molecule has 2 aromatic carbocycles. The molecule has 0 saturated carbocycles. The predicted octanol–water partition coefficient (Wildman–Crippen LogP) is 4.77. The van der Waals surface area contributed by atoms with E-state index in [2.05, 4.69) is 41.4 Å². The molecule has 0 aliphatic carbocycles. The number of nitrogens with zero attached hydrogens (tertiary/aromatic N) is 3. The van der Waals surface area contributed by atoms with Gasteiger partial charge in [0.15, 0.2) is 5.82 Å². The molecule has 0 fully saturated rings. The van der Waals surface area contributed by atoms with Crippen molar-refractivity contribution in [3.8, 4) is 11.5 Å². The first kappa shape index (κ1) is 29.5. The minimum absolute atomic E-state index is 0. The molecule has 2 radical (unpaired) electrons. The van der Waals surface area contributed by atoms with Gasteiger partial charge in [-0.3, -0.25) is 0 Å². The molecule has 0 atom stereocenters. The van der Waals surface area contributed by atoms with Gasteiger partial charge in [-0.15, -0.1) is 10.2 Å². The molecule has 0 aliphatic rings. The number of unbranched alkanes of at least 4 members (excludes halogenated alkanes) is 2. The Labute approximate surface area is 239 Å². The topological polar surface area (TPSA) is 83.9 Å². The number of nitrogens with one attached hydrogen (secondary N) is 1. The minimum atomic E-state index is -0.0821. The Kier molecular flexibility index (Phi) is 13.5. The number of benzene rings is 2.